The Morgan fingerprint density at radius 2 is 1.64 bits per heavy atom. The number of imide groups is 2. The third kappa shape index (κ3) is 3.87. The highest BCUT2D eigenvalue weighted by Crippen LogP contribution is 2.66. The standard InChI is InChI=1S/C33H31Cl2FN2O6/c1-44-20-11-12-22(25(39)15-20)27-21-13-14-23-26(29(41)37(28(23)40)18-5-3-2-4-6-18)24(21)16-32(34)30(42)38(31(43)33(27,32)35)19-9-7-17(36)8-10-19/h7-13,15,18,23-24,26-27,39H,2-6,14,16H2,1H3/t23-,24+,26-,27+,32+,33-/m0/s1. The summed E-state index contributed by atoms with van der Waals surface area (Å²) >= 11 is 14.7. The number of methoxy groups -OCH3 is 1. The van der Waals surface area contributed by atoms with E-state index in [9.17, 15) is 28.7 Å². The normalized spacial score (nSPS) is 33.7. The molecular formula is C33H31Cl2FN2O6. The van der Waals surface area contributed by atoms with Gasteiger partial charge in [-0.05, 0) is 61.9 Å². The molecule has 4 fully saturated rings. The lowest BCUT2D eigenvalue weighted by molar-refractivity contribution is -0.143. The number of rotatable bonds is 4. The minimum Gasteiger partial charge on any atom is -0.508 e. The fourth-order valence-corrected chi connectivity index (χ4v) is 9.29. The summed E-state index contributed by atoms with van der Waals surface area (Å²) in [4.78, 5) is 54.8. The third-order valence-electron chi connectivity index (χ3n) is 10.4. The second kappa shape index (κ2) is 10.3. The van der Waals surface area contributed by atoms with E-state index in [0.717, 1.165) is 49.1 Å². The number of likely N-dealkylation sites (tertiary alicyclic amines) is 1. The smallest absolute Gasteiger partial charge is 0.258 e. The molecule has 2 aromatic rings. The Morgan fingerprint density at radius 3 is 2.30 bits per heavy atom. The van der Waals surface area contributed by atoms with Gasteiger partial charge in [0, 0.05) is 23.6 Å². The zero-order valence-corrected chi connectivity index (χ0v) is 25.5. The first-order valence-electron chi connectivity index (χ1n) is 15.0. The number of amides is 4. The van der Waals surface area contributed by atoms with Crippen LogP contribution in [0.4, 0.5) is 10.1 Å². The van der Waals surface area contributed by atoms with Gasteiger partial charge in [0.1, 0.15) is 17.3 Å². The van der Waals surface area contributed by atoms with Crippen molar-refractivity contribution in [3.05, 3.63) is 65.5 Å². The van der Waals surface area contributed by atoms with Crippen LogP contribution in [0.15, 0.2) is 54.1 Å². The van der Waals surface area contributed by atoms with E-state index >= 15 is 0 Å². The summed E-state index contributed by atoms with van der Waals surface area (Å²) in [6.45, 7) is 0. The first-order valence-corrected chi connectivity index (χ1v) is 15.7. The lowest BCUT2D eigenvalue weighted by atomic mass is 9.56. The molecule has 11 heteroatoms. The Morgan fingerprint density at radius 1 is 0.932 bits per heavy atom. The molecule has 0 bridgehead atoms. The molecule has 0 unspecified atom stereocenters. The quantitative estimate of drug-likeness (QED) is 0.271. The fraction of sp³-hybridized carbons (Fsp3) is 0.455. The van der Waals surface area contributed by atoms with Crippen LogP contribution in [0, 0.1) is 23.6 Å². The number of alkyl halides is 2. The number of benzene rings is 2. The Balaban J connectivity index is 1.39. The Hall–Kier alpha value is -3.43. The van der Waals surface area contributed by atoms with Crippen LogP contribution in [0.2, 0.25) is 0 Å². The number of aromatic hydroxyl groups is 1. The van der Waals surface area contributed by atoms with E-state index in [-0.39, 0.29) is 47.7 Å². The molecule has 2 saturated carbocycles. The van der Waals surface area contributed by atoms with Gasteiger partial charge in [0.2, 0.25) is 11.8 Å². The number of anilines is 1. The summed E-state index contributed by atoms with van der Waals surface area (Å²) in [6.07, 6.45) is 6.39. The molecule has 2 aromatic carbocycles. The zero-order chi connectivity index (χ0) is 31.1. The van der Waals surface area contributed by atoms with Crippen molar-refractivity contribution in [2.75, 3.05) is 12.0 Å². The van der Waals surface area contributed by atoms with Gasteiger partial charge in [-0.2, -0.15) is 0 Å². The Kier molecular flexibility index (Phi) is 6.86. The number of phenolic OH excluding ortho intramolecular Hbond substituents is 1. The van der Waals surface area contributed by atoms with E-state index in [4.69, 9.17) is 27.9 Å². The van der Waals surface area contributed by atoms with Crippen LogP contribution in [0.25, 0.3) is 0 Å². The molecule has 230 valence electrons. The SMILES string of the molecule is COc1ccc([C@H]2C3=CC[C@@H]4C(=O)N(C5CCCCC5)C(=O)[C@@H]4[C@@H]3C[C@@]3(Cl)C(=O)N(c4ccc(F)cc4)C(=O)[C@@]23Cl)c(O)c1. The fourth-order valence-electron chi connectivity index (χ4n) is 8.36. The number of hydrogen-bond donors (Lipinski definition) is 1. The minimum atomic E-state index is -2.12. The molecule has 2 heterocycles. The van der Waals surface area contributed by atoms with Gasteiger partial charge in [-0.1, -0.05) is 37.0 Å². The molecule has 44 heavy (non-hydrogen) atoms. The monoisotopic (exact) mass is 640 g/mol. The van der Waals surface area contributed by atoms with Crippen molar-refractivity contribution in [3.8, 4) is 11.5 Å². The van der Waals surface area contributed by atoms with Gasteiger partial charge in [0.25, 0.3) is 11.8 Å². The lowest BCUT2D eigenvalue weighted by Crippen LogP contribution is -2.60. The summed E-state index contributed by atoms with van der Waals surface area (Å²) in [5.41, 5.74) is 0.925. The molecule has 2 saturated heterocycles. The number of carbonyl (C=O) groups excluding carboxylic acids is 4. The van der Waals surface area contributed by atoms with E-state index in [1.807, 2.05) is 6.08 Å². The number of hydrogen-bond acceptors (Lipinski definition) is 6. The van der Waals surface area contributed by atoms with Crippen LogP contribution in [-0.4, -0.2) is 56.5 Å². The average Bonchev–Trinajstić information content (AvgIpc) is 3.36. The molecular weight excluding hydrogens is 610 g/mol. The zero-order valence-electron chi connectivity index (χ0n) is 24.0. The van der Waals surface area contributed by atoms with Crippen LogP contribution in [0.1, 0.15) is 56.4 Å². The second-order valence-corrected chi connectivity index (χ2v) is 13.8. The van der Waals surface area contributed by atoms with Crippen molar-refractivity contribution in [2.45, 2.75) is 66.7 Å². The number of ether oxygens (including phenoxy) is 1. The first kappa shape index (κ1) is 29.3. The van der Waals surface area contributed by atoms with Crippen molar-refractivity contribution in [3.63, 3.8) is 0 Å². The molecule has 0 spiro atoms. The summed E-state index contributed by atoms with van der Waals surface area (Å²) in [5.74, 6) is -5.75. The predicted molar refractivity (Wildman–Crippen MR) is 160 cm³/mol. The number of phenols is 1. The van der Waals surface area contributed by atoms with E-state index in [1.165, 1.54) is 30.2 Å². The van der Waals surface area contributed by atoms with Crippen molar-refractivity contribution in [1.29, 1.82) is 0 Å². The van der Waals surface area contributed by atoms with Crippen molar-refractivity contribution in [2.24, 2.45) is 17.8 Å². The van der Waals surface area contributed by atoms with E-state index in [0.29, 0.717) is 11.3 Å². The minimum absolute atomic E-state index is 0.0963. The predicted octanol–water partition coefficient (Wildman–Crippen LogP) is 5.44. The maximum absolute atomic E-state index is 14.4. The summed E-state index contributed by atoms with van der Waals surface area (Å²) in [5, 5.41) is 11.3. The maximum Gasteiger partial charge on any atom is 0.258 e. The van der Waals surface area contributed by atoms with Crippen LogP contribution in [0.5, 0.6) is 11.5 Å². The number of carbonyl (C=O) groups is 4. The van der Waals surface area contributed by atoms with Crippen LogP contribution >= 0.6 is 23.2 Å². The number of fused-ring (bicyclic) bond motifs is 4. The van der Waals surface area contributed by atoms with Crippen molar-refractivity contribution in [1.82, 2.24) is 4.90 Å². The highest BCUT2D eigenvalue weighted by atomic mass is 35.5. The summed E-state index contributed by atoms with van der Waals surface area (Å²) < 4.78 is 19.1. The van der Waals surface area contributed by atoms with Gasteiger partial charge >= 0.3 is 0 Å². The molecule has 2 aliphatic heterocycles. The third-order valence-corrected chi connectivity index (χ3v) is 11.8. The highest BCUT2D eigenvalue weighted by molar-refractivity contribution is 6.58. The topological polar surface area (TPSA) is 104 Å². The molecule has 1 N–H and O–H groups in total. The molecule has 7 rings (SSSR count). The molecule has 0 radical (unpaired) electrons. The van der Waals surface area contributed by atoms with Gasteiger partial charge in [0.15, 0.2) is 9.75 Å². The summed E-state index contributed by atoms with van der Waals surface area (Å²) in [6, 6.07) is 9.25. The molecule has 4 amide bonds. The molecule has 5 aliphatic rings. The van der Waals surface area contributed by atoms with Gasteiger partial charge in [-0.3, -0.25) is 24.1 Å². The first-order chi connectivity index (χ1) is 21.0. The van der Waals surface area contributed by atoms with Gasteiger partial charge < -0.3 is 9.84 Å². The van der Waals surface area contributed by atoms with Crippen LogP contribution < -0.4 is 9.64 Å². The number of nitrogens with zero attached hydrogens (tertiary/aromatic N) is 2. The largest absolute Gasteiger partial charge is 0.508 e. The van der Waals surface area contributed by atoms with Crippen LogP contribution in [-0.2, 0) is 19.2 Å². The van der Waals surface area contributed by atoms with Gasteiger partial charge in [-0.15, -0.1) is 23.2 Å². The highest BCUT2D eigenvalue weighted by Gasteiger charge is 2.77. The molecule has 0 aromatic heterocycles. The summed E-state index contributed by atoms with van der Waals surface area (Å²) in [7, 11) is 1.45. The lowest BCUT2D eigenvalue weighted by Gasteiger charge is -2.50. The number of allylic oxidation sites excluding steroid dienone is 2. The van der Waals surface area contributed by atoms with E-state index < -0.39 is 51.1 Å². The molecule has 3 aliphatic carbocycles. The van der Waals surface area contributed by atoms with Crippen LogP contribution in [0.3, 0.4) is 0 Å². The molecule has 8 nitrogen and oxygen atoms in total. The van der Waals surface area contributed by atoms with E-state index in [2.05, 4.69) is 0 Å². The van der Waals surface area contributed by atoms with E-state index in [1.54, 1.807) is 12.1 Å². The second-order valence-electron chi connectivity index (χ2n) is 12.5. The van der Waals surface area contributed by atoms with Crippen molar-refractivity contribution >= 4 is 52.5 Å². The van der Waals surface area contributed by atoms with Crippen molar-refractivity contribution < 1.29 is 33.4 Å². The Labute approximate surface area is 263 Å². The Bertz CT molecular complexity index is 1620. The molecule has 6 atom stereocenters. The van der Waals surface area contributed by atoms with Gasteiger partial charge in [0.05, 0.1) is 24.6 Å². The van der Waals surface area contributed by atoms with Gasteiger partial charge in [-0.25, -0.2) is 9.29 Å². The average molecular weight is 642 g/mol. The number of halogens is 3. The maximum atomic E-state index is 14.4.